The molecule has 6 aromatic carbocycles. The van der Waals surface area contributed by atoms with E-state index < -0.39 is 5.97 Å². The Kier molecular flexibility index (Phi) is 28.2. The highest BCUT2D eigenvalue weighted by atomic mass is 16.5. The van der Waals surface area contributed by atoms with E-state index in [1.54, 1.807) is 39.2 Å². The van der Waals surface area contributed by atoms with Crippen LogP contribution >= 0.6 is 0 Å². The normalized spacial score (nSPS) is 13.6. The molecular formula is C83H91N9O13. The summed E-state index contributed by atoms with van der Waals surface area (Å²) in [6.45, 7) is 8.06. The third-order valence-electron chi connectivity index (χ3n) is 18.1. The summed E-state index contributed by atoms with van der Waals surface area (Å²) in [6.07, 6.45) is 9.72. The minimum Gasteiger partial charge on any atom is -0.711 e. The summed E-state index contributed by atoms with van der Waals surface area (Å²) >= 11 is 0. The molecule has 3 aliphatic heterocycles. The summed E-state index contributed by atoms with van der Waals surface area (Å²) in [5, 5.41) is 27.9. The Hall–Kier alpha value is -11.8. The number of nitrogens with zero attached hydrogens (tertiary/aromatic N) is 7. The van der Waals surface area contributed by atoms with Crippen LogP contribution in [0.3, 0.4) is 0 Å². The second-order valence-corrected chi connectivity index (χ2v) is 25.6. The van der Waals surface area contributed by atoms with E-state index in [0.29, 0.717) is 114 Å². The smallest absolute Gasteiger partial charge is 0.306 e. The number of carboxylic acid groups (broad SMARTS) is 1. The van der Waals surface area contributed by atoms with Crippen molar-refractivity contribution in [3.8, 4) is 17.2 Å². The molecule has 9 aromatic rings. The maximum atomic E-state index is 12.7. The average Bonchev–Trinajstić information content (AvgIpc) is 0.808. The Morgan fingerprint density at radius 2 is 0.876 bits per heavy atom. The largest absolute Gasteiger partial charge is 0.711 e. The molecule has 0 saturated carbocycles. The predicted octanol–water partition coefficient (Wildman–Crippen LogP) is 12.6. The maximum Gasteiger partial charge on any atom is 0.306 e. The third kappa shape index (κ3) is 22.3. The van der Waals surface area contributed by atoms with Gasteiger partial charge in [0, 0.05) is 57.6 Å². The second-order valence-electron chi connectivity index (χ2n) is 25.6. The van der Waals surface area contributed by atoms with Crippen LogP contribution in [0.25, 0.3) is 0 Å². The molecule has 0 saturated heterocycles. The molecule has 3 N–H and O–H groups in total. The molecule has 12 rings (SSSR count). The lowest BCUT2D eigenvalue weighted by molar-refractivity contribution is -0.592. The van der Waals surface area contributed by atoms with E-state index in [1.165, 1.54) is 6.20 Å². The molecule has 3 aromatic heterocycles. The van der Waals surface area contributed by atoms with Gasteiger partial charge in [-0.3, -0.25) is 33.7 Å². The van der Waals surface area contributed by atoms with Crippen LogP contribution in [-0.4, -0.2) is 130 Å². The van der Waals surface area contributed by atoms with Crippen molar-refractivity contribution in [3.05, 3.63) is 257 Å². The van der Waals surface area contributed by atoms with E-state index in [-0.39, 0.29) is 73.7 Å². The number of amides is 3. The van der Waals surface area contributed by atoms with Gasteiger partial charge in [0.15, 0.2) is 19.8 Å². The number of pyridine rings is 3. The number of hydrogen-bond donors (Lipinski definition) is 3. The summed E-state index contributed by atoms with van der Waals surface area (Å²) in [5.41, 5.74) is 8.49. The first-order valence-electron chi connectivity index (χ1n) is 35.7. The fourth-order valence-corrected chi connectivity index (χ4v) is 13.0. The maximum absolute atomic E-state index is 12.7. The quantitative estimate of drug-likeness (QED) is 0.0153. The first-order valence-corrected chi connectivity index (χ1v) is 35.7. The van der Waals surface area contributed by atoms with Crippen LogP contribution in [0.15, 0.2) is 219 Å². The van der Waals surface area contributed by atoms with Gasteiger partial charge >= 0.3 is 17.9 Å². The highest BCUT2D eigenvalue weighted by molar-refractivity contribution is 5.99. The Balaban J connectivity index is 0.000000169. The Bertz CT molecular complexity index is 4300. The number of fused-ring (bicyclic) bond motifs is 3. The molecule has 546 valence electrons. The molecule has 105 heavy (non-hydrogen) atoms. The summed E-state index contributed by atoms with van der Waals surface area (Å²) < 4.78 is 28.5. The number of aromatic nitrogens is 3. The number of esters is 2. The molecule has 0 aliphatic carbocycles. The van der Waals surface area contributed by atoms with Gasteiger partial charge in [0.1, 0.15) is 28.9 Å². The van der Waals surface area contributed by atoms with Crippen LogP contribution in [0, 0.1) is 5.21 Å². The van der Waals surface area contributed by atoms with Gasteiger partial charge in [0.2, 0.25) is 0 Å². The van der Waals surface area contributed by atoms with E-state index in [4.69, 9.17) is 23.7 Å². The van der Waals surface area contributed by atoms with Gasteiger partial charge in [-0.1, -0.05) is 127 Å². The van der Waals surface area contributed by atoms with E-state index in [9.17, 15) is 39.1 Å². The lowest BCUT2D eigenvalue weighted by Gasteiger charge is -2.30. The zero-order chi connectivity index (χ0) is 73.7. The molecule has 0 spiro atoms. The van der Waals surface area contributed by atoms with Gasteiger partial charge in [0.25, 0.3) is 23.5 Å². The fraction of sp³-hybridized carbons (Fsp3) is 0.313. The van der Waals surface area contributed by atoms with Crippen molar-refractivity contribution in [1.82, 2.24) is 9.97 Å². The Labute approximate surface area is 613 Å². The van der Waals surface area contributed by atoms with Gasteiger partial charge in [0.05, 0.1) is 69.3 Å². The van der Waals surface area contributed by atoms with Crippen molar-refractivity contribution >= 4 is 70.1 Å². The minimum absolute atomic E-state index is 0.00135. The van der Waals surface area contributed by atoms with Crippen LogP contribution in [0.4, 0.5) is 34.5 Å². The zero-order valence-corrected chi connectivity index (χ0v) is 59.6. The van der Waals surface area contributed by atoms with Gasteiger partial charge < -0.3 is 59.3 Å². The molecule has 22 nitrogen and oxygen atoms in total. The zero-order valence-electron chi connectivity index (χ0n) is 59.6. The number of hydrogen-bond acceptors (Lipinski definition) is 17. The van der Waals surface area contributed by atoms with Crippen molar-refractivity contribution in [2.75, 3.05) is 110 Å². The van der Waals surface area contributed by atoms with E-state index in [1.807, 2.05) is 214 Å². The van der Waals surface area contributed by atoms with Gasteiger partial charge in [-0.25, -0.2) is 14.7 Å². The SMILES string of the molecule is CCOC(=O)CC(Cc1ccc2c(c1)OCC(=O)N2CCCN(C)c1cccc[n+]1[O-])c1ccccc1.CCOC(=O)CC(Cc1ccc2c(c1)OCC(=O)N2CCCNc1ccccn1)c1ccccc1.O=C(O)CC(Cc1ccc2c(c1)OCC(=O)N2CCCNc1ccccn1)c1ccccc1. The molecule has 3 unspecified atom stereocenters. The van der Waals surface area contributed by atoms with Crippen molar-refractivity contribution in [1.29, 1.82) is 0 Å². The Morgan fingerprint density at radius 3 is 1.24 bits per heavy atom. The second kappa shape index (κ2) is 39.0. The number of ether oxygens (including phenoxy) is 5. The molecule has 3 aliphatic rings. The van der Waals surface area contributed by atoms with Crippen molar-refractivity contribution in [3.63, 3.8) is 0 Å². The monoisotopic (exact) mass is 1420 g/mol. The fourth-order valence-electron chi connectivity index (χ4n) is 13.0. The van der Waals surface area contributed by atoms with Crippen LogP contribution in [0.1, 0.15) is 104 Å². The highest BCUT2D eigenvalue weighted by Gasteiger charge is 2.31. The van der Waals surface area contributed by atoms with E-state index in [2.05, 4.69) is 20.6 Å². The van der Waals surface area contributed by atoms with Crippen molar-refractivity contribution in [2.24, 2.45) is 0 Å². The Morgan fingerprint density at radius 1 is 0.505 bits per heavy atom. The number of rotatable bonds is 32. The molecule has 3 atom stereocenters. The lowest BCUT2D eigenvalue weighted by atomic mass is 9.89. The summed E-state index contributed by atoms with van der Waals surface area (Å²) in [7, 11) is 1.87. The molecule has 6 heterocycles. The van der Waals surface area contributed by atoms with Gasteiger partial charge in [-0.15, -0.1) is 0 Å². The molecular weight excluding hydrogens is 1330 g/mol. The first-order chi connectivity index (χ1) is 51.2. The topological polar surface area (TPSA) is 259 Å². The molecule has 0 bridgehead atoms. The van der Waals surface area contributed by atoms with Gasteiger partial charge in [-0.05, 0) is 164 Å². The molecule has 0 radical (unpaired) electrons. The number of aliphatic carboxylic acids is 1. The summed E-state index contributed by atoms with van der Waals surface area (Å²) in [5.74, 6) is 2.59. The van der Waals surface area contributed by atoms with Crippen molar-refractivity contribution < 1.29 is 62.3 Å². The summed E-state index contributed by atoms with van der Waals surface area (Å²) in [6, 6.07) is 64.0. The number of benzene rings is 6. The first kappa shape index (κ1) is 75.8. The van der Waals surface area contributed by atoms with Crippen LogP contribution in [0.5, 0.6) is 17.2 Å². The number of anilines is 6. The molecule has 22 heteroatoms. The number of carbonyl (C=O) groups is 6. The highest BCUT2D eigenvalue weighted by Crippen LogP contribution is 2.39. The van der Waals surface area contributed by atoms with Crippen LogP contribution < -0.4 is 49.2 Å². The standard InChI is InChI=1S/C29H33N3O5.C28H31N3O4.C26H27N3O4/c1-3-36-29(34)20-24(23-10-5-4-6-11-23)18-22-13-14-25-26(19-22)37-21-28(33)31(25)16-9-15-30(2)27-12-7-8-17-32(27)35;1-2-34-28(33)19-23(22-9-4-3-5-10-22)17-21-12-13-24-25(18-21)35-20-27(32)31(24)16-8-15-30-26-11-6-7-14-29-26;30-25-18-33-23-16-19(15-21(17-26(31)32)20-7-2-1-3-8-20)10-11-22(23)29(25)14-6-13-28-24-9-4-5-12-27-24/h4-8,10-14,17,19,24H,3,9,15-16,18,20-21H2,1-2H3;3-7,9-14,18,23H,2,8,15-17,19-20H2,1H3,(H,29,30);1-5,7-12,16,21H,6,13-15,17-18H2,(H,27,28)(H,31,32). The number of carboxylic acids is 1. The summed E-state index contributed by atoms with van der Waals surface area (Å²) in [4.78, 5) is 89.3. The molecule has 0 fully saturated rings. The predicted molar refractivity (Wildman–Crippen MR) is 404 cm³/mol. The minimum atomic E-state index is -0.825. The van der Waals surface area contributed by atoms with Crippen LogP contribution in [-0.2, 0) is 57.5 Å². The molecule has 3 amide bonds. The van der Waals surface area contributed by atoms with E-state index >= 15 is 0 Å². The van der Waals surface area contributed by atoms with Gasteiger partial charge in [-0.2, -0.15) is 0 Å². The number of carbonyl (C=O) groups excluding carboxylic acids is 5. The third-order valence-corrected chi connectivity index (χ3v) is 18.1. The van der Waals surface area contributed by atoms with Crippen LogP contribution in [0.2, 0.25) is 0 Å². The lowest BCUT2D eigenvalue weighted by Crippen LogP contribution is -2.41. The average molecular weight is 1420 g/mol. The van der Waals surface area contributed by atoms with E-state index in [0.717, 1.165) is 79.7 Å². The number of nitrogens with one attached hydrogen (secondary N) is 2. The van der Waals surface area contributed by atoms with Crippen molar-refractivity contribution in [2.45, 2.75) is 89.4 Å².